The molecule has 1 saturated heterocycles. The van der Waals surface area contributed by atoms with Gasteiger partial charge >= 0.3 is 11.9 Å². The van der Waals surface area contributed by atoms with Crippen LogP contribution >= 0.6 is 0 Å². The molecule has 0 spiro atoms. The average molecular weight is 330 g/mol. The van der Waals surface area contributed by atoms with Crippen LogP contribution in [-0.2, 0) is 14.3 Å². The van der Waals surface area contributed by atoms with Gasteiger partial charge in [-0.1, -0.05) is 11.6 Å². The van der Waals surface area contributed by atoms with E-state index in [9.17, 15) is 14.4 Å². The van der Waals surface area contributed by atoms with Gasteiger partial charge in [0.25, 0.3) is 5.78 Å². The number of esters is 1. The first-order valence-corrected chi connectivity index (χ1v) is 8.37. The molecule has 0 aromatic heterocycles. The van der Waals surface area contributed by atoms with E-state index in [2.05, 4.69) is 0 Å². The van der Waals surface area contributed by atoms with Crippen molar-refractivity contribution in [2.45, 2.75) is 26.7 Å². The number of ketones is 1. The molecule has 2 aliphatic heterocycles. The highest BCUT2D eigenvalue weighted by Gasteiger charge is 2.37. The molecule has 24 heavy (non-hydrogen) atoms. The smallest absolute Gasteiger partial charge is 0.310 e. The molecule has 0 unspecified atom stereocenters. The fourth-order valence-electron chi connectivity index (χ4n) is 3.39. The van der Waals surface area contributed by atoms with Crippen molar-refractivity contribution >= 4 is 23.3 Å². The number of carbonyl (C=O) groups excluding carboxylic acids is 3. The Labute approximate surface area is 141 Å². The topological polar surface area (TPSA) is 66.9 Å². The summed E-state index contributed by atoms with van der Waals surface area (Å²) in [6.45, 7) is 5.76. The lowest BCUT2D eigenvalue weighted by Gasteiger charge is -2.34. The van der Waals surface area contributed by atoms with Crippen LogP contribution in [0.25, 0.3) is 0 Å². The van der Waals surface area contributed by atoms with Crippen LogP contribution in [0.3, 0.4) is 0 Å². The van der Waals surface area contributed by atoms with Gasteiger partial charge < -0.3 is 4.74 Å². The number of Topliss-reactive ketones (excluding diaryl/α,β-unsaturated/α-hetero) is 1. The molecule has 0 bridgehead atoms. The van der Waals surface area contributed by atoms with Crippen LogP contribution < -0.4 is 4.90 Å². The summed E-state index contributed by atoms with van der Waals surface area (Å²) in [5.74, 6) is -1.28. The van der Waals surface area contributed by atoms with Crippen molar-refractivity contribution in [3.05, 3.63) is 29.3 Å². The second-order valence-corrected chi connectivity index (χ2v) is 6.39. The van der Waals surface area contributed by atoms with Gasteiger partial charge in [-0.15, -0.1) is 0 Å². The molecule has 0 N–H and O–H groups in total. The predicted molar refractivity (Wildman–Crippen MR) is 88.8 cm³/mol. The van der Waals surface area contributed by atoms with Crippen LogP contribution in [0.4, 0.5) is 5.69 Å². The highest BCUT2D eigenvalue weighted by molar-refractivity contribution is 6.52. The number of carbonyl (C=O) groups is 3. The van der Waals surface area contributed by atoms with E-state index in [0.29, 0.717) is 31.1 Å². The van der Waals surface area contributed by atoms with E-state index in [4.69, 9.17) is 4.74 Å². The van der Waals surface area contributed by atoms with Crippen LogP contribution in [0.15, 0.2) is 18.2 Å². The Balaban J connectivity index is 1.73. The second kappa shape index (κ2) is 6.73. The molecule has 6 nitrogen and oxygen atoms in total. The Morgan fingerprint density at radius 1 is 1.33 bits per heavy atom. The maximum Gasteiger partial charge on any atom is 0.310 e. The number of hydrogen-bond acceptors (Lipinski definition) is 5. The van der Waals surface area contributed by atoms with Crippen LogP contribution in [0, 0.1) is 12.8 Å². The number of aryl methyl sites for hydroxylation is 1. The quantitative estimate of drug-likeness (QED) is 0.622. The van der Waals surface area contributed by atoms with Crippen molar-refractivity contribution in [3.8, 4) is 0 Å². The van der Waals surface area contributed by atoms with E-state index >= 15 is 0 Å². The first-order chi connectivity index (χ1) is 11.5. The number of likely N-dealkylation sites (tertiary alicyclic amines) is 1. The fourth-order valence-corrected chi connectivity index (χ4v) is 3.39. The third kappa shape index (κ3) is 3.06. The summed E-state index contributed by atoms with van der Waals surface area (Å²) < 4.78 is 5.11. The average Bonchev–Trinajstić information content (AvgIpc) is 2.80. The summed E-state index contributed by atoms with van der Waals surface area (Å²) >= 11 is 0. The van der Waals surface area contributed by atoms with Gasteiger partial charge in [-0.3, -0.25) is 24.2 Å². The lowest BCUT2D eigenvalue weighted by molar-refractivity contribution is -0.149. The normalized spacial score (nSPS) is 21.1. The third-order valence-electron chi connectivity index (χ3n) is 4.59. The molecule has 1 aromatic rings. The van der Waals surface area contributed by atoms with Gasteiger partial charge in [0.05, 0.1) is 30.4 Å². The van der Waals surface area contributed by atoms with E-state index in [1.54, 1.807) is 13.0 Å². The highest BCUT2D eigenvalue weighted by atomic mass is 16.5. The van der Waals surface area contributed by atoms with Crippen molar-refractivity contribution in [2.24, 2.45) is 5.92 Å². The Hall–Kier alpha value is -2.21. The van der Waals surface area contributed by atoms with Gasteiger partial charge in [-0.2, -0.15) is 0 Å². The van der Waals surface area contributed by atoms with Crippen molar-refractivity contribution in [3.63, 3.8) is 0 Å². The summed E-state index contributed by atoms with van der Waals surface area (Å²) in [6.07, 6.45) is 1.68. The Kier molecular flexibility index (Phi) is 4.66. The van der Waals surface area contributed by atoms with Gasteiger partial charge in [-0.05, 0) is 45.4 Å². The Morgan fingerprint density at radius 3 is 2.88 bits per heavy atom. The van der Waals surface area contributed by atoms with Crippen molar-refractivity contribution in [1.29, 1.82) is 0 Å². The van der Waals surface area contributed by atoms with Gasteiger partial charge in [-0.25, -0.2) is 0 Å². The minimum Gasteiger partial charge on any atom is -0.466 e. The minimum atomic E-state index is -0.492. The number of rotatable bonds is 4. The number of ether oxygens (including phenoxy) is 1. The van der Waals surface area contributed by atoms with E-state index in [1.165, 1.54) is 4.90 Å². The molecule has 1 atom stereocenters. The van der Waals surface area contributed by atoms with E-state index < -0.39 is 11.7 Å². The number of amides is 1. The van der Waals surface area contributed by atoms with E-state index in [0.717, 1.165) is 24.9 Å². The number of fused-ring (bicyclic) bond motifs is 1. The molecule has 1 aromatic carbocycles. The maximum atomic E-state index is 12.3. The monoisotopic (exact) mass is 330 g/mol. The molecule has 2 aliphatic rings. The first kappa shape index (κ1) is 16.6. The Morgan fingerprint density at radius 2 is 2.12 bits per heavy atom. The van der Waals surface area contributed by atoms with Gasteiger partial charge in [0.1, 0.15) is 0 Å². The van der Waals surface area contributed by atoms with Crippen LogP contribution in [0.1, 0.15) is 35.7 Å². The molecular weight excluding hydrogens is 308 g/mol. The first-order valence-electron chi connectivity index (χ1n) is 8.37. The summed E-state index contributed by atoms with van der Waals surface area (Å²) in [4.78, 5) is 40.0. The second-order valence-electron chi connectivity index (χ2n) is 6.39. The summed E-state index contributed by atoms with van der Waals surface area (Å²) in [7, 11) is 0. The van der Waals surface area contributed by atoms with Crippen molar-refractivity contribution < 1.29 is 19.1 Å². The molecule has 0 aliphatic carbocycles. The number of piperidine rings is 1. The van der Waals surface area contributed by atoms with Crippen molar-refractivity contribution in [1.82, 2.24) is 4.90 Å². The largest absolute Gasteiger partial charge is 0.466 e. The van der Waals surface area contributed by atoms with Crippen LogP contribution in [0.2, 0.25) is 0 Å². The predicted octanol–water partition coefficient (Wildman–Crippen LogP) is 1.76. The molecule has 128 valence electrons. The lowest BCUT2D eigenvalue weighted by atomic mass is 9.98. The summed E-state index contributed by atoms with van der Waals surface area (Å²) in [6, 6.07) is 5.47. The van der Waals surface area contributed by atoms with Gasteiger partial charge in [0.15, 0.2) is 0 Å². The zero-order valence-corrected chi connectivity index (χ0v) is 14.1. The zero-order chi connectivity index (χ0) is 17.3. The van der Waals surface area contributed by atoms with E-state index in [-0.39, 0.29) is 11.9 Å². The Bertz CT molecular complexity index is 686. The molecular formula is C18H22N2O4. The molecule has 2 heterocycles. The maximum absolute atomic E-state index is 12.3. The lowest BCUT2D eigenvalue weighted by Crippen LogP contribution is -2.46. The number of nitrogens with zero attached hydrogens (tertiary/aromatic N) is 2. The van der Waals surface area contributed by atoms with Gasteiger partial charge in [0.2, 0.25) is 0 Å². The van der Waals surface area contributed by atoms with Crippen molar-refractivity contribution in [2.75, 3.05) is 31.3 Å². The molecule has 1 amide bonds. The minimum absolute atomic E-state index is 0.162. The van der Waals surface area contributed by atoms with Gasteiger partial charge in [0, 0.05) is 6.54 Å². The fraction of sp³-hybridized carbons (Fsp3) is 0.500. The number of hydrogen-bond donors (Lipinski definition) is 0. The highest BCUT2D eigenvalue weighted by Crippen LogP contribution is 2.30. The van der Waals surface area contributed by atoms with Crippen LogP contribution in [-0.4, -0.2) is 48.9 Å². The summed E-state index contributed by atoms with van der Waals surface area (Å²) in [5.41, 5.74) is 2.09. The SMILES string of the molecule is CCOC(=O)[C@@H]1CCCN(CN2C(=O)C(=O)c3cc(C)ccc32)C1. The van der Waals surface area contributed by atoms with E-state index in [1.807, 2.05) is 24.0 Å². The zero-order valence-electron chi connectivity index (χ0n) is 14.1. The summed E-state index contributed by atoms with van der Waals surface area (Å²) in [5, 5.41) is 0. The standard InChI is InChI=1S/C18H22N2O4/c1-3-24-18(23)13-5-4-8-19(10-13)11-20-15-7-6-12(2)9-14(15)16(21)17(20)22/h6-7,9,13H,3-5,8,10-11H2,1-2H3/t13-/m1/s1. The molecule has 0 saturated carbocycles. The molecule has 6 heteroatoms. The molecule has 1 fully saturated rings. The third-order valence-corrected chi connectivity index (χ3v) is 4.59. The number of anilines is 1. The molecule has 0 radical (unpaired) electrons. The molecule has 3 rings (SSSR count). The number of benzene rings is 1. The van der Waals surface area contributed by atoms with Crippen LogP contribution in [0.5, 0.6) is 0 Å².